The summed E-state index contributed by atoms with van der Waals surface area (Å²) in [7, 11) is 0. The van der Waals surface area contributed by atoms with E-state index in [1.54, 1.807) is 11.1 Å². The lowest BCUT2D eigenvalue weighted by atomic mass is 9.74. The molecule has 2 atom stereocenters. The molecule has 0 amide bonds. The van der Waals surface area contributed by atoms with Gasteiger partial charge in [-0.3, -0.25) is 0 Å². The molecule has 1 aromatic carbocycles. The van der Waals surface area contributed by atoms with Crippen LogP contribution in [0.15, 0.2) is 12.1 Å². The largest absolute Gasteiger partial charge is 0.0588 e. The molecule has 0 radical (unpaired) electrons. The molecule has 0 heterocycles. The van der Waals surface area contributed by atoms with Gasteiger partial charge < -0.3 is 0 Å². The number of hydrogen-bond donors (Lipinski definition) is 0. The van der Waals surface area contributed by atoms with Crippen molar-refractivity contribution in [1.82, 2.24) is 0 Å². The normalized spacial score (nSPS) is 26.0. The molecule has 0 aromatic heterocycles. The van der Waals surface area contributed by atoms with Gasteiger partial charge in [0.2, 0.25) is 0 Å². The van der Waals surface area contributed by atoms with E-state index in [2.05, 4.69) is 39.8 Å². The van der Waals surface area contributed by atoms with Crippen LogP contribution in [0.3, 0.4) is 0 Å². The standard InChI is InChI=1S/C14H20/c1-9-5-6-11(3)14-12(4)8-7-10(2)13(9)14/h5-6,10,12H,7-8H2,1-4H3. The topological polar surface area (TPSA) is 0 Å². The third-order valence-electron chi connectivity index (χ3n) is 3.74. The summed E-state index contributed by atoms with van der Waals surface area (Å²) < 4.78 is 0. The number of benzene rings is 1. The fourth-order valence-electron chi connectivity index (χ4n) is 2.95. The van der Waals surface area contributed by atoms with E-state index in [9.17, 15) is 0 Å². The van der Waals surface area contributed by atoms with Crippen LogP contribution >= 0.6 is 0 Å². The monoisotopic (exact) mass is 188 g/mol. The molecule has 0 spiro atoms. The minimum absolute atomic E-state index is 0.765. The Morgan fingerprint density at radius 1 is 0.857 bits per heavy atom. The van der Waals surface area contributed by atoms with E-state index in [4.69, 9.17) is 0 Å². The zero-order valence-electron chi connectivity index (χ0n) is 9.72. The Morgan fingerprint density at radius 2 is 1.21 bits per heavy atom. The summed E-state index contributed by atoms with van der Waals surface area (Å²) in [5.74, 6) is 1.53. The van der Waals surface area contributed by atoms with Crippen molar-refractivity contribution in [2.75, 3.05) is 0 Å². The van der Waals surface area contributed by atoms with Crippen LogP contribution in [-0.2, 0) is 0 Å². The minimum Gasteiger partial charge on any atom is -0.0588 e. The minimum atomic E-state index is 0.765. The van der Waals surface area contributed by atoms with Gasteiger partial charge in [-0.2, -0.15) is 0 Å². The smallest absolute Gasteiger partial charge is 0.0185 e. The van der Waals surface area contributed by atoms with E-state index in [0.717, 1.165) is 11.8 Å². The summed E-state index contributed by atoms with van der Waals surface area (Å²) in [6, 6.07) is 4.56. The second-order valence-electron chi connectivity index (χ2n) is 4.91. The molecule has 0 N–H and O–H groups in total. The Hall–Kier alpha value is -0.780. The first kappa shape index (κ1) is 9.76. The van der Waals surface area contributed by atoms with Crippen molar-refractivity contribution in [3.8, 4) is 0 Å². The highest BCUT2D eigenvalue weighted by Gasteiger charge is 2.24. The van der Waals surface area contributed by atoms with Crippen LogP contribution < -0.4 is 0 Å². The molecular formula is C14H20. The first-order valence-electron chi connectivity index (χ1n) is 5.71. The zero-order valence-corrected chi connectivity index (χ0v) is 9.72. The molecule has 76 valence electrons. The maximum absolute atomic E-state index is 2.37. The predicted molar refractivity (Wildman–Crippen MR) is 62.0 cm³/mol. The van der Waals surface area contributed by atoms with Crippen LogP contribution in [-0.4, -0.2) is 0 Å². The molecule has 0 heteroatoms. The lowest BCUT2D eigenvalue weighted by molar-refractivity contribution is 0.522. The maximum Gasteiger partial charge on any atom is -0.0185 e. The summed E-state index contributed by atoms with van der Waals surface area (Å²) in [4.78, 5) is 0. The highest BCUT2D eigenvalue weighted by Crippen LogP contribution is 2.41. The molecule has 2 unspecified atom stereocenters. The van der Waals surface area contributed by atoms with Gasteiger partial charge in [-0.1, -0.05) is 26.0 Å². The Balaban J connectivity index is 2.65. The molecule has 1 aromatic rings. The highest BCUT2D eigenvalue weighted by molar-refractivity contribution is 5.45. The fourth-order valence-corrected chi connectivity index (χ4v) is 2.95. The van der Waals surface area contributed by atoms with E-state index in [-0.39, 0.29) is 0 Å². The van der Waals surface area contributed by atoms with Crippen molar-refractivity contribution in [2.45, 2.75) is 52.4 Å². The summed E-state index contributed by atoms with van der Waals surface area (Å²) in [6.45, 7) is 9.26. The zero-order chi connectivity index (χ0) is 10.3. The summed E-state index contributed by atoms with van der Waals surface area (Å²) >= 11 is 0. The van der Waals surface area contributed by atoms with Gasteiger partial charge in [-0.05, 0) is 60.8 Å². The molecule has 0 bridgehead atoms. The van der Waals surface area contributed by atoms with Crippen molar-refractivity contribution >= 4 is 0 Å². The number of hydrogen-bond acceptors (Lipinski definition) is 0. The van der Waals surface area contributed by atoms with E-state index >= 15 is 0 Å². The van der Waals surface area contributed by atoms with Crippen molar-refractivity contribution in [3.05, 3.63) is 34.4 Å². The van der Waals surface area contributed by atoms with Gasteiger partial charge in [-0.25, -0.2) is 0 Å². The quantitative estimate of drug-likeness (QED) is 0.569. The van der Waals surface area contributed by atoms with Crippen LogP contribution in [0.5, 0.6) is 0 Å². The van der Waals surface area contributed by atoms with E-state index in [1.807, 2.05) is 0 Å². The molecule has 0 nitrogen and oxygen atoms in total. The number of rotatable bonds is 0. The van der Waals surface area contributed by atoms with Gasteiger partial charge in [0, 0.05) is 0 Å². The molecule has 0 fully saturated rings. The van der Waals surface area contributed by atoms with Gasteiger partial charge in [0.05, 0.1) is 0 Å². The molecule has 14 heavy (non-hydrogen) atoms. The fraction of sp³-hybridized carbons (Fsp3) is 0.571. The molecule has 1 aliphatic carbocycles. The van der Waals surface area contributed by atoms with Gasteiger partial charge in [0.15, 0.2) is 0 Å². The average Bonchev–Trinajstić information content (AvgIpc) is 2.16. The van der Waals surface area contributed by atoms with Crippen molar-refractivity contribution in [3.63, 3.8) is 0 Å². The summed E-state index contributed by atoms with van der Waals surface area (Å²) in [5.41, 5.74) is 6.27. The predicted octanol–water partition coefficient (Wildman–Crippen LogP) is 4.30. The van der Waals surface area contributed by atoms with Gasteiger partial charge in [0.1, 0.15) is 0 Å². The van der Waals surface area contributed by atoms with Crippen LogP contribution in [0.1, 0.15) is 60.8 Å². The Kier molecular flexibility index (Phi) is 2.38. The first-order valence-corrected chi connectivity index (χ1v) is 5.71. The van der Waals surface area contributed by atoms with Crippen molar-refractivity contribution in [2.24, 2.45) is 0 Å². The third-order valence-corrected chi connectivity index (χ3v) is 3.74. The van der Waals surface area contributed by atoms with Crippen LogP contribution in [0.25, 0.3) is 0 Å². The molecule has 1 aliphatic rings. The second kappa shape index (κ2) is 3.42. The lowest BCUT2D eigenvalue weighted by Gasteiger charge is -2.30. The molecule has 0 aliphatic heterocycles. The lowest BCUT2D eigenvalue weighted by Crippen LogP contribution is -2.13. The average molecular weight is 188 g/mol. The number of aryl methyl sites for hydroxylation is 2. The summed E-state index contributed by atoms with van der Waals surface area (Å²) in [6.07, 6.45) is 2.72. The summed E-state index contributed by atoms with van der Waals surface area (Å²) in [5, 5.41) is 0. The van der Waals surface area contributed by atoms with Gasteiger partial charge in [0.25, 0.3) is 0 Å². The molecule has 2 rings (SSSR count). The first-order chi connectivity index (χ1) is 6.61. The SMILES string of the molecule is Cc1ccc(C)c2c1C(C)CCC2C. The van der Waals surface area contributed by atoms with Crippen LogP contribution in [0.2, 0.25) is 0 Å². The Morgan fingerprint density at radius 3 is 1.57 bits per heavy atom. The van der Waals surface area contributed by atoms with Crippen LogP contribution in [0.4, 0.5) is 0 Å². The second-order valence-corrected chi connectivity index (χ2v) is 4.91. The van der Waals surface area contributed by atoms with Crippen molar-refractivity contribution in [1.29, 1.82) is 0 Å². The third kappa shape index (κ3) is 1.37. The molecular weight excluding hydrogens is 168 g/mol. The van der Waals surface area contributed by atoms with E-state index in [0.29, 0.717) is 0 Å². The Labute approximate surface area is 87.3 Å². The van der Waals surface area contributed by atoms with E-state index in [1.165, 1.54) is 24.0 Å². The van der Waals surface area contributed by atoms with E-state index < -0.39 is 0 Å². The molecule has 0 saturated heterocycles. The maximum atomic E-state index is 2.37. The van der Waals surface area contributed by atoms with Crippen LogP contribution in [0, 0.1) is 13.8 Å². The van der Waals surface area contributed by atoms with Gasteiger partial charge in [-0.15, -0.1) is 0 Å². The molecule has 0 saturated carbocycles. The highest BCUT2D eigenvalue weighted by atomic mass is 14.3. The Bertz CT molecular complexity index is 314. The van der Waals surface area contributed by atoms with Crippen molar-refractivity contribution < 1.29 is 0 Å². The number of fused-ring (bicyclic) bond motifs is 1. The van der Waals surface area contributed by atoms with Gasteiger partial charge >= 0.3 is 0 Å².